The Kier molecular flexibility index (Phi) is 7.55. The van der Waals surface area contributed by atoms with Gasteiger partial charge in [-0.2, -0.15) is 0 Å². The number of nitrogens with one attached hydrogen (secondary N) is 2. The lowest BCUT2D eigenvalue weighted by Crippen LogP contribution is -2.55. The molecule has 1 saturated heterocycles. The van der Waals surface area contributed by atoms with Crippen LogP contribution in [0, 0.1) is 24.7 Å². The number of amides is 1. The summed E-state index contributed by atoms with van der Waals surface area (Å²) in [7, 11) is 5.06. The largest absolute Gasteiger partial charge is 0.497 e. The van der Waals surface area contributed by atoms with Crippen LogP contribution < -0.4 is 20.1 Å². The molecule has 2 saturated carbocycles. The summed E-state index contributed by atoms with van der Waals surface area (Å²) in [6, 6.07) is 12.3. The fourth-order valence-corrected chi connectivity index (χ4v) is 7.02. The number of carbonyl (C=O) groups is 1. The van der Waals surface area contributed by atoms with Crippen LogP contribution in [0.25, 0.3) is 22.0 Å². The third-order valence-corrected chi connectivity index (χ3v) is 9.67. The SMILES string of the molecule is COc1ccc(CNc2nc(-c3cnccc3C)cc3cc(NC(=O)[C@@H]4[C@@H]5C[C@H](N6CC(OC)C6)C[C@@H]54)ncc23)c(OC)c1. The summed E-state index contributed by atoms with van der Waals surface area (Å²) in [4.78, 5) is 29.8. The van der Waals surface area contributed by atoms with Crippen LogP contribution in [0.3, 0.4) is 0 Å². The van der Waals surface area contributed by atoms with Crippen molar-refractivity contribution < 1.29 is 19.0 Å². The molecule has 10 nitrogen and oxygen atoms in total. The van der Waals surface area contributed by atoms with Crippen molar-refractivity contribution >= 4 is 28.3 Å². The van der Waals surface area contributed by atoms with Crippen LogP contribution in [0.15, 0.2) is 55.0 Å². The topological polar surface area (TPSA) is 111 Å². The molecule has 10 heteroatoms. The molecule has 0 bridgehead atoms. The van der Waals surface area contributed by atoms with E-state index in [-0.39, 0.29) is 11.8 Å². The number of hydrogen-bond acceptors (Lipinski definition) is 9. The normalized spacial score (nSPS) is 22.7. The van der Waals surface area contributed by atoms with Crippen molar-refractivity contribution in [3.63, 3.8) is 0 Å². The number of ether oxygens (including phenoxy) is 3. The molecular weight excluding hydrogens is 556 g/mol. The van der Waals surface area contributed by atoms with Gasteiger partial charge in [0.05, 0.1) is 26.0 Å². The highest BCUT2D eigenvalue weighted by atomic mass is 16.5. The van der Waals surface area contributed by atoms with E-state index in [9.17, 15) is 4.79 Å². The summed E-state index contributed by atoms with van der Waals surface area (Å²) in [6.45, 7) is 4.56. The average Bonchev–Trinajstić information content (AvgIpc) is 3.53. The Hall–Kier alpha value is -4.28. The summed E-state index contributed by atoms with van der Waals surface area (Å²) in [5.74, 6) is 3.79. The van der Waals surface area contributed by atoms with Crippen molar-refractivity contribution in [1.29, 1.82) is 0 Å². The van der Waals surface area contributed by atoms with Crippen LogP contribution in [0.2, 0.25) is 0 Å². The minimum atomic E-state index is 0.0750. The quantitative estimate of drug-likeness (QED) is 0.264. The summed E-state index contributed by atoms with van der Waals surface area (Å²) in [6.07, 6.45) is 7.95. The van der Waals surface area contributed by atoms with Crippen LogP contribution in [-0.4, -0.2) is 72.3 Å². The lowest BCUT2D eigenvalue weighted by Gasteiger charge is -2.43. The van der Waals surface area contributed by atoms with E-state index in [0.29, 0.717) is 42.2 Å². The van der Waals surface area contributed by atoms with Crippen LogP contribution in [0.5, 0.6) is 11.5 Å². The predicted octanol–water partition coefficient (Wildman–Crippen LogP) is 4.92. The smallest absolute Gasteiger partial charge is 0.229 e. The van der Waals surface area contributed by atoms with Gasteiger partial charge in [0.25, 0.3) is 0 Å². The number of methoxy groups -OCH3 is 3. The highest BCUT2D eigenvalue weighted by Gasteiger charge is 2.60. The zero-order valence-electron chi connectivity index (χ0n) is 25.5. The molecule has 1 aromatic carbocycles. The summed E-state index contributed by atoms with van der Waals surface area (Å²) < 4.78 is 16.4. The number of rotatable bonds is 10. The Bertz CT molecular complexity index is 1700. The van der Waals surface area contributed by atoms with Crippen molar-refractivity contribution in [2.24, 2.45) is 17.8 Å². The molecule has 2 N–H and O–H groups in total. The summed E-state index contributed by atoms with van der Waals surface area (Å²) in [5, 5.41) is 8.40. The van der Waals surface area contributed by atoms with Gasteiger partial charge in [0.2, 0.25) is 5.91 Å². The number of hydrogen-bond donors (Lipinski definition) is 2. The monoisotopic (exact) mass is 594 g/mol. The maximum absolute atomic E-state index is 13.3. The summed E-state index contributed by atoms with van der Waals surface area (Å²) >= 11 is 0. The van der Waals surface area contributed by atoms with Crippen LogP contribution >= 0.6 is 0 Å². The number of fused-ring (bicyclic) bond motifs is 2. The highest BCUT2D eigenvalue weighted by molar-refractivity contribution is 5.99. The van der Waals surface area contributed by atoms with Gasteiger partial charge in [0.15, 0.2) is 0 Å². The van der Waals surface area contributed by atoms with Crippen molar-refractivity contribution in [1.82, 2.24) is 19.9 Å². The molecule has 228 valence electrons. The molecule has 7 rings (SSSR count). The van der Waals surface area contributed by atoms with Crippen molar-refractivity contribution in [2.45, 2.75) is 38.5 Å². The lowest BCUT2D eigenvalue weighted by molar-refractivity contribution is -0.118. The molecule has 3 aliphatic rings. The van der Waals surface area contributed by atoms with Crippen molar-refractivity contribution in [3.8, 4) is 22.8 Å². The van der Waals surface area contributed by atoms with Gasteiger partial charge in [-0.25, -0.2) is 9.97 Å². The molecule has 0 unspecified atom stereocenters. The van der Waals surface area contributed by atoms with Crippen LogP contribution in [0.4, 0.5) is 11.6 Å². The molecule has 4 aromatic rings. The number of nitrogens with zero attached hydrogens (tertiary/aromatic N) is 4. The number of aromatic nitrogens is 3. The third kappa shape index (κ3) is 5.33. The summed E-state index contributed by atoms with van der Waals surface area (Å²) in [5.41, 5.74) is 3.78. The predicted molar refractivity (Wildman–Crippen MR) is 169 cm³/mol. The Morgan fingerprint density at radius 2 is 1.84 bits per heavy atom. The first-order valence-electron chi connectivity index (χ1n) is 15.2. The Morgan fingerprint density at radius 1 is 1.02 bits per heavy atom. The molecule has 4 atom stereocenters. The van der Waals surface area contributed by atoms with E-state index >= 15 is 0 Å². The maximum Gasteiger partial charge on any atom is 0.229 e. The van der Waals surface area contributed by atoms with Gasteiger partial charge in [0.1, 0.15) is 23.1 Å². The molecule has 0 radical (unpaired) electrons. The highest BCUT2D eigenvalue weighted by Crippen LogP contribution is 2.59. The van der Waals surface area contributed by atoms with Gasteiger partial charge in [-0.1, -0.05) is 0 Å². The minimum absolute atomic E-state index is 0.0750. The second kappa shape index (κ2) is 11.7. The van der Waals surface area contributed by atoms with Gasteiger partial charge in [-0.05, 0) is 72.9 Å². The molecule has 0 spiro atoms. The number of aryl methyl sites for hydroxylation is 1. The van der Waals surface area contributed by atoms with Gasteiger partial charge in [0, 0.05) is 79.9 Å². The standard InChI is InChI=1S/C34H38N6O4/c1-19-7-8-35-15-27(19)29-9-21-10-31(39-34(41)32-25-11-22(12-26(25)32)40-17-24(18-40)43-3)36-16-28(21)33(38-29)37-14-20-5-6-23(42-2)13-30(20)44-4/h5-10,13,15-16,22,24-26,32H,11-12,14,17-18H2,1-4H3,(H,37,38)(H,36,39,41)/t22-,25+,26-,32+. The molecule has 1 amide bonds. The van der Waals surface area contributed by atoms with Gasteiger partial charge >= 0.3 is 0 Å². The number of benzene rings is 1. The fourth-order valence-electron chi connectivity index (χ4n) is 7.02. The second-order valence-electron chi connectivity index (χ2n) is 12.1. The van der Waals surface area contributed by atoms with E-state index in [1.807, 2.05) is 49.5 Å². The molecule has 1 aliphatic heterocycles. The van der Waals surface area contributed by atoms with Crippen molar-refractivity contribution in [3.05, 3.63) is 66.1 Å². The molecule has 2 aliphatic carbocycles. The molecule has 4 heterocycles. The molecule has 44 heavy (non-hydrogen) atoms. The maximum atomic E-state index is 13.3. The van der Waals surface area contributed by atoms with E-state index in [2.05, 4.69) is 25.5 Å². The van der Waals surface area contributed by atoms with E-state index < -0.39 is 0 Å². The van der Waals surface area contributed by atoms with Crippen LogP contribution in [-0.2, 0) is 16.1 Å². The first-order chi connectivity index (χ1) is 21.4. The number of carbonyl (C=O) groups excluding carboxylic acids is 1. The van der Waals surface area contributed by atoms with E-state index in [4.69, 9.17) is 19.2 Å². The molecule has 3 fully saturated rings. The average molecular weight is 595 g/mol. The van der Waals surface area contributed by atoms with E-state index in [1.54, 1.807) is 33.7 Å². The number of anilines is 2. The number of likely N-dealkylation sites (tertiary alicyclic amines) is 1. The zero-order valence-corrected chi connectivity index (χ0v) is 25.5. The molecular formula is C34H38N6O4. The Morgan fingerprint density at radius 3 is 2.57 bits per heavy atom. The van der Waals surface area contributed by atoms with Gasteiger partial charge in [-0.15, -0.1) is 0 Å². The van der Waals surface area contributed by atoms with Gasteiger partial charge < -0.3 is 24.8 Å². The fraction of sp³-hybridized carbons (Fsp3) is 0.412. The van der Waals surface area contributed by atoms with E-state index in [0.717, 1.165) is 70.6 Å². The zero-order chi connectivity index (χ0) is 30.4. The second-order valence-corrected chi connectivity index (χ2v) is 12.1. The van der Waals surface area contributed by atoms with Gasteiger partial charge in [-0.3, -0.25) is 14.7 Å². The van der Waals surface area contributed by atoms with Crippen molar-refractivity contribution in [2.75, 3.05) is 45.1 Å². The van der Waals surface area contributed by atoms with Crippen LogP contribution in [0.1, 0.15) is 24.0 Å². The lowest BCUT2D eigenvalue weighted by atomic mass is 10.0. The Balaban J connectivity index is 1.11. The number of pyridine rings is 3. The first kappa shape index (κ1) is 28.5. The van der Waals surface area contributed by atoms with E-state index in [1.165, 1.54) is 0 Å². The first-order valence-corrected chi connectivity index (χ1v) is 15.2. The Labute approximate surface area is 257 Å². The minimum Gasteiger partial charge on any atom is -0.497 e. The molecule has 3 aromatic heterocycles. The third-order valence-electron chi connectivity index (χ3n) is 9.67.